The second-order valence-electron chi connectivity index (χ2n) is 8.64. The lowest BCUT2D eigenvalue weighted by Crippen LogP contribution is -2.51. The number of amides is 2. The van der Waals surface area contributed by atoms with Gasteiger partial charge in [-0.1, -0.05) is 55.7 Å². The van der Waals surface area contributed by atoms with Gasteiger partial charge in [0.1, 0.15) is 11.8 Å². The first-order valence-corrected chi connectivity index (χ1v) is 11.3. The summed E-state index contributed by atoms with van der Waals surface area (Å²) in [7, 11) is 0. The molecule has 1 saturated carbocycles. The van der Waals surface area contributed by atoms with Crippen molar-refractivity contribution in [3.63, 3.8) is 0 Å². The second kappa shape index (κ2) is 11.0. The molecule has 0 spiro atoms. The van der Waals surface area contributed by atoms with Gasteiger partial charge in [-0.3, -0.25) is 9.59 Å². The third kappa shape index (κ3) is 6.84. The molecule has 0 saturated heterocycles. The Bertz CT molecular complexity index is 855. The number of hydrogen-bond acceptors (Lipinski definition) is 3. The molecule has 0 heterocycles. The average Bonchev–Trinajstić information content (AvgIpc) is 2.76. The monoisotopic (exact) mass is 422 g/mol. The molecule has 0 aliphatic heterocycles. The van der Waals surface area contributed by atoms with Gasteiger partial charge >= 0.3 is 0 Å². The van der Waals surface area contributed by atoms with Crippen molar-refractivity contribution in [1.29, 1.82) is 0 Å². The second-order valence-corrected chi connectivity index (χ2v) is 8.64. The van der Waals surface area contributed by atoms with E-state index in [1.54, 1.807) is 11.8 Å². The van der Waals surface area contributed by atoms with Crippen molar-refractivity contribution in [3.05, 3.63) is 65.2 Å². The van der Waals surface area contributed by atoms with Gasteiger partial charge in [-0.2, -0.15) is 0 Å². The molecule has 1 aliphatic rings. The van der Waals surface area contributed by atoms with Gasteiger partial charge in [0.25, 0.3) is 5.91 Å². The van der Waals surface area contributed by atoms with Gasteiger partial charge in [-0.15, -0.1) is 0 Å². The van der Waals surface area contributed by atoms with Crippen molar-refractivity contribution in [2.75, 3.05) is 6.61 Å². The number of benzene rings is 2. The van der Waals surface area contributed by atoms with Crippen molar-refractivity contribution in [1.82, 2.24) is 10.2 Å². The molecule has 0 radical (unpaired) electrons. The minimum Gasteiger partial charge on any atom is -0.484 e. The van der Waals surface area contributed by atoms with Gasteiger partial charge in [-0.05, 0) is 62.4 Å². The van der Waals surface area contributed by atoms with Crippen molar-refractivity contribution >= 4 is 11.8 Å². The van der Waals surface area contributed by atoms with E-state index in [0.29, 0.717) is 12.3 Å². The van der Waals surface area contributed by atoms with Crippen LogP contribution >= 0.6 is 0 Å². The van der Waals surface area contributed by atoms with Gasteiger partial charge in [-0.25, -0.2) is 0 Å². The lowest BCUT2D eigenvalue weighted by atomic mass is 9.95. The summed E-state index contributed by atoms with van der Waals surface area (Å²) in [5.41, 5.74) is 3.16. The SMILES string of the molecule is Cc1cc(C)cc(OCC(=O)N(Cc2ccccc2)[C@@H](C)C(=O)NC2CCCCC2)c1. The van der Waals surface area contributed by atoms with E-state index in [4.69, 9.17) is 4.74 Å². The highest BCUT2D eigenvalue weighted by Crippen LogP contribution is 2.19. The molecule has 1 fully saturated rings. The van der Waals surface area contributed by atoms with Crippen LogP contribution in [0.4, 0.5) is 0 Å². The summed E-state index contributed by atoms with van der Waals surface area (Å²) < 4.78 is 5.81. The summed E-state index contributed by atoms with van der Waals surface area (Å²) in [5.74, 6) is 0.377. The van der Waals surface area contributed by atoms with Gasteiger partial charge in [0, 0.05) is 12.6 Å². The normalized spacial score (nSPS) is 15.2. The fourth-order valence-electron chi connectivity index (χ4n) is 4.18. The molecule has 1 N–H and O–H groups in total. The number of nitrogens with one attached hydrogen (secondary N) is 1. The molecule has 0 unspecified atom stereocenters. The van der Waals surface area contributed by atoms with Crippen LogP contribution in [0, 0.1) is 13.8 Å². The zero-order chi connectivity index (χ0) is 22.2. The predicted molar refractivity (Wildman–Crippen MR) is 123 cm³/mol. The Morgan fingerprint density at radius 3 is 2.32 bits per heavy atom. The van der Waals surface area contributed by atoms with E-state index in [2.05, 4.69) is 11.4 Å². The summed E-state index contributed by atoms with van der Waals surface area (Å²) in [4.78, 5) is 27.7. The maximum Gasteiger partial charge on any atom is 0.261 e. The van der Waals surface area contributed by atoms with Crippen LogP contribution in [0.5, 0.6) is 5.75 Å². The Balaban J connectivity index is 1.69. The van der Waals surface area contributed by atoms with Gasteiger partial charge in [0.15, 0.2) is 6.61 Å². The lowest BCUT2D eigenvalue weighted by molar-refractivity contribution is -0.142. The van der Waals surface area contributed by atoms with E-state index >= 15 is 0 Å². The van der Waals surface area contributed by atoms with Crippen molar-refractivity contribution < 1.29 is 14.3 Å². The average molecular weight is 423 g/mol. The molecule has 5 heteroatoms. The molecule has 1 aliphatic carbocycles. The van der Waals surface area contributed by atoms with Gasteiger partial charge < -0.3 is 15.0 Å². The zero-order valence-electron chi connectivity index (χ0n) is 18.9. The highest BCUT2D eigenvalue weighted by molar-refractivity contribution is 5.88. The Labute approximate surface area is 185 Å². The Hall–Kier alpha value is -2.82. The number of carbonyl (C=O) groups excluding carboxylic acids is 2. The van der Waals surface area contributed by atoms with Crippen molar-refractivity contribution in [2.24, 2.45) is 0 Å². The summed E-state index contributed by atoms with van der Waals surface area (Å²) in [6, 6.07) is 15.3. The topological polar surface area (TPSA) is 58.6 Å². The van der Waals surface area contributed by atoms with Crippen LogP contribution in [0.2, 0.25) is 0 Å². The number of carbonyl (C=O) groups is 2. The minimum absolute atomic E-state index is 0.0948. The third-order valence-corrected chi connectivity index (χ3v) is 5.87. The number of aryl methyl sites for hydroxylation is 2. The van der Waals surface area contributed by atoms with Crippen LogP contribution < -0.4 is 10.1 Å². The maximum atomic E-state index is 13.1. The van der Waals surface area contributed by atoms with Crippen molar-refractivity contribution in [3.8, 4) is 5.75 Å². The fourth-order valence-corrected chi connectivity index (χ4v) is 4.18. The van der Waals surface area contributed by atoms with Crippen LogP contribution in [-0.4, -0.2) is 35.4 Å². The predicted octanol–water partition coefficient (Wildman–Crippen LogP) is 4.55. The summed E-state index contributed by atoms with van der Waals surface area (Å²) in [5, 5.41) is 3.15. The first-order chi connectivity index (χ1) is 14.9. The first kappa shape index (κ1) is 22.9. The van der Waals surface area contributed by atoms with Crippen LogP contribution in [0.3, 0.4) is 0 Å². The van der Waals surface area contributed by atoms with Crippen LogP contribution in [0.15, 0.2) is 48.5 Å². The highest BCUT2D eigenvalue weighted by Gasteiger charge is 2.28. The van der Waals surface area contributed by atoms with Crippen molar-refractivity contribution in [2.45, 2.75) is 71.5 Å². The molecule has 2 amide bonds. The number of rotatable bonds is 8. The first-order valence-electron chi connectivity index (χ1n) is 11.3. The van der Waals surface area contributed by atoms with Crippen LogP contribution in [0.1, 0.15) is 55.7 Å². The number of ether oxygens (including phenoxy) is 1. The minimum atomic E-state index is -0.572. The smallest absolute Gasteiger partial charge is 0.261 e. The molecular weight excluding hydrogens is 388 g/mol. The molecule has 2 aromatic carbocycles. The highest BCUT2D eigenvalue weighted by atomic mass is 16.5. The summed E-state index contributed by atoms with van der Waals surface area (Å²) >= 11 is 0. The Kier molecular flexibility index (Phi) is 8.10. The van der Waals surface area contributed by atoms with E-state index in [-0.39, 0.29) is 24.5 Å². The van der Waals surface area contributed by atoms with E-state index in [9.17, 15) is 9.59 Å². The molecule has 3 rings (SSSR count). The van der Waals surface area contributed by atoms with E-state index < -0.39 is 6.04 Å². The van der Waals surface area contributed by atoms with E-state index in [1.807, 2.05) is 56.3 Å². The largest absolute Gasteiger partial charge is 0.484 e. The van der Waals surface area contributed by atoms with Crippen LogP contribution in [0.25, 0.3) is 0 Å². The number of nitrogens with zero attached hydrogens (tertiary/aromatic N) is 1. The molecule has 0 bridgehead atoms. The van der Waals surface area contributed by atoms with Crippen LogP contribution in [-0.2, 0) is 16.1 Å². The van der Waals surface area contributed by atoms with E-state index in [1.165, 1.54) is 6.42 Å². The maximum absolute atomic E-state index is 13.1. The fraction of sp³-hybridized carbons (Fsp3) is 0.462. The number of hydrogen-bond donors (Lipinski definition) is 1. The molecular formula is C26H34N2O3. The summed E-state index contributed by atoms with van der Waals surface area (Å²) in [6.07, 6.45) is 5.56. The van der Waals surface area contributed by atoms with E-state index in [0.717, 1.165) is 42.4 Å². The van der Waals surface area contributed by atoms with Gasteiger partial charge in [0.2, 0.25) is 5.91 Å². The Morgan fingerprint density at radius 2 is 1.68 bits per heavy atom. The third-order valence-electron chi connectivity index (χ3n) is 5.87. The molecule has 166 valence electrons. The zero-order valence-corrected chi connectivity index (χ0v) is 18.9. The quantitative estimate of drug-likeness (QED) is 0.679. The lowest BCUT2D eigenvalue weighted by Gasteiger charge is -2.31. The molecule has 5 nitrogen and oxygen atoms in total. The summed E-state index contributed by atoms with van der Waals surface area (Å²) in [6.45, 7) is 6.07. The molecule has 0 aromatic heterocycles. The molecule has 2 aromatic rings. The standard InChI is InChI=1S/C26H34N2O3/c1-19-14-20(2)16-24(15-19)31-18-25(29)28(17-22-10-6-4-7-11-22)21(3)26(30)27-23-12-8-5-9-13-23/h4,6-7,10-11,14-16,21,23H,5,8-9,12-13,17-18H2,1-3H3,(H,27,30)/t21-/m0/s1. The Morgan fingerprint density at radius 1 is 1.03 bits per heavy atom. The molecule has 31 heavy (non-hydrogen) atoms. The molecule has 1 atom stereocenters. The van der Waals surface area contributed by atoms with Gasteiger partial charge in [0.05, 0.1) is 0 Å².